The van der Waals surface area contributed by atoms with Gasteiger partial charge in [0, 0.05) is 37.6 Å². The minimum Gasteiger partial charge on any atom is -0.368 e. The molecule has 6 nitrogen and oxygen atoms in total. The van der Waals surface area contributed by atoms with Gasteiger partial charge in [0.15, 0.2) is 0 Å². The average Bonchev–Trinajstić information content (AvgIpc) is 3.05. The summed E-state index contributed by atoms with van der Waals surface area (Å²) in [5.41, 5.74) is 1.38. The molecule has 1 aromatic rings. The SMILES string of the molecule is CCCSc1ccccc1N1CCN(CCCCCN2C(=O)CNC2=O)CC1.Cl. The predicted octanol–water partition coefficient (Wildman–Crippen LogP) is 3.45. The van der Waals surface area contributed by atoms with Gasteiger partial charge < -0.3 is 10.2 Å². The summed E-state index contributed by atoms with van der Waals surface area (Å²) in [5.74, 6) is 1.07. The van der Waals surface area contributed by atoms with Crippen LogP contribution >= 0.6 is 24.2 Å². The Hall–Kier alpha value is -1.44. The Kier molecular flexibility index (Phi) is 10.1. The number of hydrogen-bond acceptors (Lipinski definition) is 5. The lowest BCUT2D eigenvalue weighted by molar-refractivity contribution is -0.125. The van der Waals surface area contributed by atoms with Crippen LogP contribution in [0.1, 0.15) is 32.6 Å². The number of hydrogen-bond donors (Lipinski definition) is 1. The molecule has 3 amide bonds. The quantitative estimate of drug-likeness (QED) is 0.343. The molecular formula is C21H33ClN4O2S. The number of rotatable bonds is 10. The van der Waals surface area contributed by atoms with Crippen molar-refractivity contribution in [2.24, 2.45) is 0 Å². The molecule has 0 aromatic heterocycles. The number of urea groups is 1. The highest BCUT2D eigenvalue weighted by molar-refractivity contribution is 7.99. The summed E-state index contributed by atoms with van der Waals surface area (Å²) in [7, 11) is 0. The third-order valence-electron chi connectivity index (χ3n) is 5.33. The highest BCUT2D eigenvalue weighted by atomic mass is 35.5. The molecule has 2 aliphatic rings. The Labute approximate surface area is 184 Å². The van der Waals surface area contributed by atoms with E-state index in [-0.39, 0.29) is 30.9 Å². The molecule has 0 aliphatic carbocycles. The summed E-state index contributed by atoms with van der Waals surface area (Å²) in [6, 6.07) is 8.54. The van der Waals surface area contributed by atoms with E-state index in [0.29, 0.717) is 6.54 Å². The van der Waals surface area contributed by atoms with Crippen LogP contribution < -0.4 is 10.2 Å². The molecule has 0 saturated carbocycles. The van der Waals surface area contributed by atoms with Gasteiger partial charge in [-0.15, -0.1) is 24.2 Å². The molecule has 2 fully saturated rings. The van der Waals surface area contributed by atoms with Crippen LogP contribution in [0.4, 0.5) is 10.5 Å². The monoisotopic (exact) mass is 440 g/mol. The first kappa shape index (κ1) is 23.8. The molecule has 29 heavy (non-hydrogen) atoms. The van der Waals surface area contributed by atoms with Gasteiger partial charge in [-0.1, -0.05) is 25.5 Å². The number of carbonyl (C=O) groups excluding carboxylic acids is 2. The van der Waals surface area contributed by atoms with Gasteiger partial charge in [-0.3, -0.25) is 14.6 Å². The zero-order chi connectivity index (χ0) is 19.8. The van der Waals surface area contributed by atoms with Crippen LogP contribution in [-0.2, 0) is 4.79 Å². The Bertz CT molecular complexity index is 652. The van der Waals surface area contributed by atoms with E-state index in [1.165, 1.54) is 27.7 Å². The number of piperazine rings is 1. The molecule has 0 bridgehead atoms. The molecule has 1 N–H and O–H groups in total. The first-order chi connectivity index (χ1) is 13.7. The lowest BCUT2D eigenvalue weighted by Crippen LogP contribution is -2.46. The topological polar surface area (TPSA) is 55.9 Å². The van der Waals surface area contributed by atoms with Gasteiger partial charge in [-0.25, -0.2) is 4.79 Å². The second kappa shape index (κ2) is 12.3. The van der Waals surface area contributed by atoms with Crippen molar-refractivity contribution in [1.29, 1.82) is 0 Å². The van der Waals surface area contributed by atoms with E-state index >= 15 is 0 Å². The van der Waals surface area contributed by atoms with Gasteiger partial charge in [0.1, 0.15) is 0 Å². The molecule has 0 radical (unpaired) electrons. The Morgan fingerprint density at radius 1 is 1.00 bits per heavy atom. The summed E-state index contributed by atoms with van der Waals surface area (Å²) in [4.78, 5) is 30.9. The number of carbonyl (C=O) groups is 2. The summed E-state index contributed by atoms with van der Waals surface area (Å²) in [5, 5.41) is 2.57. The number of benzene rings is 1. The van der Waals surface area contributed by atoms with Crippen molar-refractivity contribution in [2.75, 3.05) is 56.5 Å². The van der Waals surface area contributed by atoms with Gasteiger partial charge in [-0.2, -0.15) is 0 Å². The zero-order valence-corrected chi connectivity index (χ0v) is 18.9. The molecular weight excluding hydrogens is 408 g/mol. The number of thioether (sulfide) groups is 1. The Morgan fingerprint density at radius 2 is 1.72 bits per heavy atom. The molecule has 2 aliphatic heterocycles. The second-order valence-electron chi connectivity index (χ2n) is 7.41. The summed E-state index contributed by atoms with van der Waals surface area (Å²) >= 11 is 1.96. The number of amides is 3. The molecule has 0 unspecified atom stereocenters. The van der Waals surface area contributed by atoms with Crippen molar-refractivity contribution < 1.29 is 9.59 Å². The Morgan fingerprint density at radius 3 is 2.41 bits per heavy atom. The zero-order valence-electron chi connectivity index (χ0n) is 17.3. The van der Waals surface area contributed by atoms with Gasteiger partial charge >= 0.3 is 6.03 Å². The highest BCUT2D eigenvalue weighted by Gasteiger charge is 2.27. The van der Waals surface area contributed by atoms with Crippen LogP contribution in [-0.4, -0.2) is 73.3 Å². The molecule has 0 atom stereocenters. The molecule has 2 heterocycles. The van der Waals surface area contributed by atoms with Crippen molar-refractivity contribution in [2.45, 2.75) is 37.5 Å². The van der Waals surface area contributed by atoms with Crippen LogP contribution in [0.2, 0.25) is 0 Å². The van der Waals surface area contributed by atoms with Crippen LogP contribution in [0.3, 0.4) is 0 Å². The molecule has 8 heteroatoms. The molecule has 2 saturated heterocycles. The van der Waals surface area contributed by atoms with Crippen LogP contribution in [0.25, 0.3) is 0 Å². The maximum Gasteiger partial charge on any atom is 0.324 e. The largest absolute Gasteiger partial charge is 0.368 e. The van der Waals surface area contributed by atoms with E-state index in [4.69, 9.17) is 0 Å². The summed E-state index contributed by atoms with van der Waals surface area (Å²) in [6.07, 6.45) is 4.25. The maximum atomic E-state index is 11.6. The number of anilines is 1. The van der Waals surface area contributed by atoms with E-state index in [2.05, 4.69) is 46.3 Å². The fourth-order valence-electron chi connectivity index (χ4n) is 3.73. The number of unbranched alkanes of at least 4 members (excludes halogenated alkanes) is 2. The molecule has 3 rings (SSSR count). The molecule has 0 spiro atoms. The third-order valence-corrected chi connectivity index (χ3v) is 6.60. The maximum absolute atomic E-state index is 11.6. The van der Waals surface area contributed by atoms with Crippen LogP contribution in [0.15, 0.2) is 29.2 Å². The first-order valence-corrected chi connectivity index (χ1v) is 11.4. The summed E-state index contributed by atoms with van der Waals surface area (Å²) in [6.45, 7) is 8.37. The lowest BCUT2D eigenvalue weighted by atomic mass is 10.2. The molecule has 162 valence electrons. The fourth-order valence-corrected chi connectivity index (χ4v) is 4.67. The minimum absolute atomic E-state index is 0. The van der Waals surface area contributed by atoms with Crippen LogP contribution in [0.5, 0.6) is 0 Å². The van der Waals surface area contributed by atoms with Crippen molar-refractivity contribution in [3.63, 3.8) is 0 Å². The van der Waals surface area contributed by atoms with Crippen molar-refractivity contribution in [3.8, 4) is 0 Å². The first-order valence-electron chi connectivity index (χ1n) is 10.5. The van der Waals surface area contributed by atoms with Crippen LogP contribution in [0, 0.1) is 0 Å². The predicted molar refractivity (Wildman–Crippen MR) is 122 cm³/mol. The van der Waals surface area contributed by atoms with Crippen molar-refractivity contribution in [1.82, 2.24) is 15.1 Å². The van der Waals surface area contributed by atoms with Gasteiger partial charge in [0.25, 0.3) is 0 Å². The highest BCUT2D eigenvalue weighted by Crippen LogP contribution is 2.31. The van der Waals surface area contributed by atoms with Crippen molar-refractivity contribution >= 4 is 41.8 Å². The Balaban J connectivity index is 0.00000300. The number of nitrogens with zero attached hydrogens (tertiary/aromatic N) is 3. The number of para-hydroxylation sites is 1. The van der Waals surface area contributed by atoms with Gasteiger partial charge in [-0.05, 0) is 43.7 Å². The number of nitrogens with one attached hydrogen (secondary N) is 1. The average molecular weight is 441 g/mol. The van der Waals surface area contributed by atoms with E-state index in [1.807, 2.05) is 11.8 Å². The lowest BCUT2D eigenvalue weighted by Gasteiger charge is -2.37. The van der Waals surface area contributed by atoms with E-state index in [1.54, 1.807) is 0 Å². The standard InChI is InChI=1S/C21H32N4O2S.ClH/c1-2-16-28-19-9-5-4-8-18(19)24-14-12-23(13-15-24)10-6-3-7-11-25-20(26)17-22-21(25)27;/h4-5,8-9H,2-3,6-7,10-17H2,1H3,(H,22,27);1H. The minimum atomic E-state index is -0.237. The smallest absolute Gasteiger partial charge is 0.324 e. The van der Waals surface area contributed by atoms with E-state index < -0.39 is 0 Å². The summed E-state index contributed by atoms with van der Waals surface area (Å²) < 4.78 is 0. The fraction of sp³-hybridized carbons (Fsp3) is 0.619. The number of imide groups is 1. The number of halogens is 1. The van der Waals surface area contributed by atoms with Crippen molar-refractivity contribution in [3.05, 3.63) is 24.3 Å². The van der Waals surface area contributed by atoms with Gasteiger partial charge in [0.05, 0.1) is 12.2 Å². The molecule has 1 aromatic carbocycles. The van der Waals surface area contributed by atoms with E-state index in [9.17, 15) is 9.59 Å². The van der Waals surface area contributed by atoms with E-state index in [0.717, 1.165) is 52.0 Å². The normalized spacial score (nSPS) is 17.4. The third kappa shape index (κ3) is 6.79. The van der Waals surface area contributed by atoms with Gasteiger partial charge in [0.2, 0.25) is 5.91 Å². The second-order valence-corrected chi connectivity index (χ2v) is 8.55.